The van der Waals surface area contributed by atoms with Gasteiger partial charge in [-0.1, -0.05) is 12.1 Å². The van der Waals surface area contributed by atoms with Crippen molar-refractivity contribution in [1.29, 1.82) is 0 Å². The van der Waals surface area contributed by atoms with E-state index in [0.29, 0.717) is 23.2 Å². The van der Waals surface area contributed by atoms with E-state index in [1.54, 1.807) is 25.1 Å². The number of aromatic nitrogens is 2. The van der Waals surface area contributed by atoms with E-state index in [1.807, 2.05) is 0 Å². The van der Waals surface area contributed by atoms with Gasteiger partial charge in [-0.3, -0.25) is 0 Å². The van der Waals surface area contributed by atoms with Crippen molar-refractivity contribution >= 4 is 22.7 Å². The Hall–Kier alpha value is -2.71. The van der Waals surface area contributed by atoms with Crippen LogP contribution in [0.1, 0.15) is 16.7 Å². The zero-order valence-corrected chi connectivity index (χ0v) is 12.7. The first-order chi connectivity index (χ1) is 11.5. The van der Waals surface area contributed by atoms with Gasteiger partial charge in [0.05, 0.1) is 22.2 Å². The predicted octanol–water partition coefficient (Wildman–Crippen LogP) is 5.65. The Balaban J connectivity index is 2.04. The molecule has 0 saturated carbocycles. The lowest BCUT2D eigenvalue weighted by Crippen LogP contribution is -2.11. The second kappa shape index (κ2) is 5.68. The van der Waals surface area contributed by atoms with E-state index in [9.17, 15) is 26.3 Å². The molecule has 9 heteroatoms. The predicted molar refractivity (Wildman–Crippen MR) is 80.6 cm³/mol. The molecule has 0 radical (unpaired) electrons. The highest BCUT2D eigenvalue weighted by Gasteiger charge is 2.37. The van der Waals surface area contributed by atoms with Crippen LogP contribution < -0.4 is 5.32 Å². The summed E-state index contributed by atoms with van der Waals surface area (Å²) < 4.78 is 77.3. The van der Waals surface area contributed by atoms with Crippen LogP contribution in [0.5, 0.6) is 0 Å². The number of alkyl halides is 6. The third-order valence-electron chi connectivity index (χ3n) is 3.58. The summed E-state index contributed by atoms with van der Waals surface area (Å²) in [6.45, 7) is 1.80. The van der Waals surface area contributed by atoms with Crippen molar-refractivity contribution < 1.29 is 26.3 Å². The maximum atomic E-state index is 12.9. The first-order valence-electron chi connectivity index (χ1n) is 7.06. The van der Waals surface area contributed by atoms with Gasteiger partial charge in [-0.2, -0.15) is 26.3 Å². The molecule has 0 saturated heterocycles. The quantitative estimate of drug-likeness (QED) is 0.580. The molecule has 2 aromatic carbocycles. The van der Waals surface area contributed by atoms with Gasteiger partial charge in [0.25, 0.3) is 0 Å². The van der Waals surface area contributed by atoms with E-state index in [-0.39, 0.29) is 17.7 Å². The lowest BCUT2D eigenvalue weighted by atomic mass is 10.1. The van der Waals surface area contributed by atoms with Crippen LogP contribution >= 0.6 is 0 Å². The Bertz CT molecular complexity index is 891. The molecule has 0 spiro atoms. The molecule has 2 N–H and O–H groups in total. The molecule has 0 aliphatic rings. The van der Waals surface area contributed by atoms with Crippen molar-refractivity contribution in [1.82, 2.24) is 9.97 Å². The topological polar surface area (TPSA) is 40.7 Å². The highest BCUT2D eigenvalue weighted by atomic mass is 19.4. The maximum Gasteiger partial charge on any atom is 0.416 e. The summed E-state index contributed by atoms with van der Waals surface area (Å²) in [7, 11) is 0. The lowest BCUT2D eigenvalue weighted by Gasteiger charge is -2.14. The van der Waals surface area contributed by atoms with Gasteiger partial charge < -0.3 is 10.3 Å². The summed E-state index contributed by atoms with van der Waals surface area (Å²) >= 11 is 0. The Kier molecular flexibility index (Phi) is 3.89. The van der Waals surface area contributed by atoms with Crippen molar-refractivity contribution in [2.75, 3.05) is 5.32 Å². The van der Waals surface area contributed by atoms with Crippen LogP contribution in [0.4, 0.5) is 38.0 Å². The second-order valence-corrected chi connectivity index (χ2v) is 5.47. The Morgan fingerprint density at radius 3 is 2.04 bits per heavy atom. The van der Waals surface area contributed by atoms with E-state index in [0.717, 1.165) is 5.56 Å². The van der Waals surface area contributed by atoms with Gasteiger partial charge in [0.2, 0.25) is 5.95 Å². The van der Waals surface area contributed by atoms with E-state index in [2.05, 4.69) is 15.3 Å². The van der Waals surface area contributed by atoms with Crippen LogP contribution in [-0.4, -0.2) is 9.97 Å². The molecule has 1 heterocycles. The minimum Gasteiger partial charge on any atom is -0.326 e. The molecular formula is C16H11F6N3. The van der Waals surface area contributed by atoms with Gasteiger partial charge in [-0.25, -0.2) is 4.98 Å². The van der Waals surface area contributed by atoms with Gasteiger partial charge in [0.1, 0.15) is 0 Å². The van der Waals surface area contributed by atoms with Crippen LogP contribution in [0.2, 0.25) is 0 Å². The highest BCUT2D eigenvalue weighted by Crippen LogP contribution is 2.38. The van der Waals surface area contributed by atoms with E-state index < -0.39 is 23.5 Å². The number of hydrogen-bond acceptors (Lipinski definition) is 2. The number of hydrogen-bond donors (Lipinski definition) is 2. The van der Waals surface area contributed by atoms with Crippen molar-refractivity contribution in [3.63, 3.8) is 0 Å². The van der Waals surface area contributed by atoms with Crippen LogP contribution in [0, 0.1) is 6.92 Å². The summed E-state index contributed by atoms with van der Waals surface area (Å²) in [5.74, 6) is 0.0525. The number of aryl methyl sites for hydroxylation is 1. The zero-order chi connectivity index (χ0) is 18.4. The smallest absolute Gasteiger partial charge is 0.326 e. The summed E-state index contributed by atoms with van der Waals surface area (Å²) in [4.78, 5) is 6.97. The minimum absolute atomic E-state index is 0.0525. The number of anilines is 2. The number of nitrogens with one attached hydrogen (secondary N) is 2. The molecule has 0 aliphatic heterocycles. The standard InChI is InChI=1S/C16H11F6N3/c1-8-3-2-4-12-13(8)25-14(24-12)23-11-6-9(15(17,18)19)5-10(7-11)16(20,21)22/h2-7H,1H3,(H2,23,24,25). The lowest BCUT2D eigenvalue weighted by molar-refractivity contribution is -0.143. The van der Waals surface area contributed by atoms with Gasteiger partial charge >= 0.3 is 12.4 Å². The molecule has 0 bridgehead atoms. The van der Waals surface area contributed by atoms with Crippen molar-refractivity contribution in [2.45, 2.75) is 19.3 Å². The number of H-pyrrole nitrogens is 1. The maximum absolute atomic E-state index is 12.9. The fourth-order valence-electron chi connectivity index (χ4n) is 2.40. The normalized spacial score (nSPS) is 12.6. The molecule has 3 aromatic rings. The largest absolute Gasteiger partial charge is 0.416 e. The van der Waals surface area contributed by atoms with E-state index in [1.165, 1.54) is 0 Å². The van der Waals surface area contributed by atoms with Crippen LogP contribution in [0.15, 0.2) is 36.4 Å². The number of imidazole rings is 1. The van der Waals surface area contributed by atoms with Crippen molar-refractivity contribution in [3.05, 3.63) is 53.1 Å². The number of benzene rings is 2. The molecule has 0 unspecified atom stereocenters. The van der Waals surface area contributed by atoms with Crippen molar-refractivity contribution in [3.8, 4) is 0 Å². The number of rotatable bonds is 2. The number of aromatic amines is 1. The molecule has 3 rings (SSSR count). The van der Waals surface area contributed by atoms with Crippen molar-refractivity contribution in [2.24, 2.45) is 0 Å². The average molecular weight is 359 g/mol. The van der Waals surface area contributed by atoms with E-state index >= 15 is 0 Å². The number of halogens is 6. The summed E-state index contributed by atoms with van der Waals surface area (Å²) in [6.07, 6.45) is -9.80. The first-order valence-corrected chi connectivity index (χ1v) is 7.06. The third-order valence-corrected chi connectivity index (χ3v) is 3.58. The number of para-hydroxylation sites is 1. The summed E-state index contributed by atoms with van der Waals surface area (Å²) in [5.41, 5.74) is -1.11. The zero-order valence-electron chi connectivity index (χ0n) is 12.7. The molecule has 0 atom stereocenters. The molecule has 3 nitrogen and oxygen atoms in total. The SMILES string of the molecule is Cc1cccc2nc(Nc3cc(C(F)(F)F)cc(C(F)(F)F)c3)[nH]c12. The molecule has 0 fully saturated rings. The van der Waals surface area contributed by atoms with Gasteiger partial charge in [-0.15, -0.1) is 0 Å². The summed E-state index contributed by atoms with van der Waals surface area (Å²) in [5, 5.41) is 2.48. The minimum atomic E-state index is -4.90. The van der Waals surface area contributed by atoms with E-state index in [4.69, 9.17) is 0 Å². The van der Waals surface area contributed by atoms with Gasteiger partial charge in [0.15, 0.2) is 0 Å². The second-order valence-electron chi connectivity index (χ2n) is 5.47. The molecule has 1 aromatic heterocycles. The highest BCUT2D eigenvalue weighted by molar-refractivity contribution is 5.81. The average Bonchev–Trinajstić information content (AvgIpc) is 2.89. The van der Waals surface area contributed by atoms with Gasteiger partial charge in [0, 0.05) is 5.69 Å². The Morgan fingerprint density at radius 1 is 0.920 bits per heavy atom. The molecule has 25 heavy (non-hydrogen) atoms. The fourth-order valence-corrected chi connectivity index (χ4v) is 2.40. The van der Waals surface area contributed by atoms with Crippen LogP contribution in [-0.2, 0) is 12.4 Å². The first kappa shape index (κ1) is 17.1. The third kappa shape index (κ3) is 3.54. The molecule has 0 aliphatic carbocycles. The monoisotopic (exact) mass is 359 g/mol. The van der Waals surface area contributed by atoms with Crippen LogP contribution in [0.3, 0.4) is 0 Å². The molecule has 132 valence electrons. The summed E-state index contributed by atoms with van der Waals surface area (Å²) in [6, 6.07) is 6.51. The molecular weight excluding hydrogens is 348 g/mol. The van der Waals surface area contributed by atoms with Gasteiger partial charge in [-0.05, 0) is 36.8 Å². The fraction of sp³-hybridized carbons (Fsp3) is 0.188. The molecule has 0 amide bonds. The Morgan fingerprint density at radius 2 is 1.52 bits per heavy atom. The number of nitrogens with zero attached hydrogens (tertiary/aromatic N) is 1. The van der Waals surface area contributed by atoms with Crippen LogP contribution in [0.25, 0.3) is 11.0 Å². The number of fused-ring (bicyclic) bond motifs is 1. The Labute approximate surface area is 137 Å².